The van der Waals surface area contributed by atoms with Gasteiger partial charge < -0.3 is 33.9 Å². The zero-order valence-corrected chi connectivity index (χ0v) is 14.2. The number of phenolic OH excluding ortho intramolecular Hbond substituents is 2. The maximum atomic E-state index is 12.8. The van der Waals surface area contributed by atoms with E-state index in [0.717, 1.165) is 0 Å². The molecule has 0 radical (unpaired) electrons. The van der Waals surface area contributed by atoms with E-state index in [1.54, 1.807) is 12.1 Å². The van der Waals surface area contributed by atoms with Gasteiger partial charge in [-0.1, -0.05) is 12.1 Å². The third kappa shape index (κ3) is 2.34. The summed E-state index contributed by atoms with van der Waals surface area (Å²) in [5, 5.41) is 30.5. The van der Waals surface area contributed by atoms with Crippen molar-refractivity contribution in [1.29, 1.82) is 0 Å². The predicted octanol–water partition coefficient (Wildman–Crippen LogP) is 2.60. The van der Waals surface area contributed by atoms with Gasteiger partial charge in [-0.3, -0.25) is 4.79 Å². The molecule has 0 bridgehead atoms. The number of phenols is 2. The Balaban J connectivity index is 2.55. The Hall–Kier alpha value is -3.55. The molecule has 2 aromatic carbocycles. The first-order chi connectivity index (χ1) is 12.5. The van der Waals surface area contributed by atoms with Crippen molar-refractivity contribution in [3.63, 3.8) is 0 Å². The fourth-order valence-corrected chi connectivity index (χ4v) is 2.75. The molecule has 0 fully saturated rings. The highest BCUT2D eigenvalue weighted by atomic mass is 16.5. The molecule has 0 aliphatic carbocycles. The van der Waals surface area contributed by atoms with E-state index in [9.17, 15) is 20.1 Å². The van der Waals surface area contributed by atoms with Crippen LogP contribution in [0.3, 0.4) is 0 Å². The summed E-state index contributed by atoms with van der Waals surface area (Å²) in [4.78, 5) is 12.8. The molecule has 0 atom stereocenters. The summed E-state index contributed by atoms with van der Waals surface area (Å²) in [6.07, 6.45) is 0. The molecular formula is C18H16O8. The van der Waals surface area contributed by atoms with E-state index in [2.05, 4.69) is 0 Å². The average molecular weight is 360 g/mol. The van der Waals surface area contributed by atoms with Crippen LogP contribution >= 0.6 is 0 Å². The van der Waals surface area contributed by atoms with Crippen LogP contribution in [0, 0.1) is 0 Å². The molecule has 26 heavy (non-hydrogen) atoms. The summed E-state index contributed by atoms with van der Waals surface area (Å²) >= 11 is 0. The molecule has 3 aromatic rings. The third-order valence-electron chi connectivity index (χ3n) is 3.92. The molecule has 0 aliphatic rings. The number of para-hydroxylation sites is 1. The van der Waals surface area contributed by atoms with Crippen molar-refractivity contribution in [3.05, 3.63) is 34.5 Å². The number of benzene rings is 2. The average Bonchev–Trinajstić information content (AvgIpc) is 2.64. The van der Waals surface area contributed by atoms with E-state index >= 15 is 0 Å². The van der Waals surface area contributed by atoms with E-state index in [0.29, 0.717) is 0 Å². The molecule has 0 unspecified atom stereocenters. The fraction of sp³-hybridized carbons (Fsp3) is 0.167. The molecule has 0 saturated heterocycles. The zero-order valence-electron chi connectivity index (χ0n) is 14.2. The first-order valence-electron chi connectivity index (χ1n) is 7.45. The summed E-state index contributed by atoms with van der Waals surface area (Å²) in [6.45, 7) is 0. The van der Waals surface area contributed by atoms with Crippen molar-refractivity contribution in [2.45, 2.75) is 0 Å². The van der Waals surface area contributed by atoms with E-state index < -0.39 is 16.9 Å². The van der Waals surface area contributed by atoms with Crippen LogP contribution in [0.2, 0.25) is 0 Å². The van der Waals surface area contributed by atoms with Crippen LogP contribution in [-0.2, 0) is 0 Å². The van der Waals surface area contributed by atoms with Gasteiger partial charge in [0.15, 0.2) is 17.1 Å². The van der Waals surface area contributed by atoms with E-state index in [1.807, 2.05) is 0 Å². The van der Waals surface area contributed by atoms with Gasteiger partial charge in [0.25, 0.3) is 0 Å². The van der Waals surface area contributed by atoms with Gasteiger partial charge in [0.2, 0.25) is 28.4 Å². The largest absolute Gasteiger partial charge is 0.507 e. The third-order valence-corrected chi connectivity index (χ3v) is 3.92. The second-order valence-electron chi connectivity index (χ2n) is 5.28. The highest BCUT2D eigenvalue weighted by Gasteiger charge is 2.29. The van der Waals surface area contributed by atoms with Crippen LogP contribution in [-0.4, -0.2) is 36.6 Å². The molecule has 0 aliphatic heterocycles. The van der Waals surface area contributed by atoms with Gasteiger partial charge >= 0.3 is 0 Å². The summed E-state index contributed by atoms with van der Waals surface area (Å²) < 4.78 is 21.2. The van der Waals surface area contributed by atoms with Crippen LogP contribution in [0.5, 0.6) is 34.5 Å². The number of hydrogen-bond donors (Lipinski definition) is 3. The van der Waals surface area contributed by atoms with Crippen molar-refractivity contribution >= 4 is 11.0 Å². The molecule has 8 heteroatoms. The van der Waals surface area contributed by atoms with Gasteiger partial charge in [0.1, 0.15) is 11.1 Å². The lowest BCUT2D eigenvalue weighted by Crippen LogP contribution is -2.07. The summed E-state index contributed by atoms with van der Waals surface area (Å²) in [7, 11) is 3.84. The van der Waals surface area contributed by atoms with Gasteiger partial charge in [-0.15, -0.1) is 0 Å². The molecule has 0 amide bonds. The van der Waals surface area contributed by atoms with Crippen molar-refractivity contribution in [2.24, 2.45) is 0 Å². The van der Waals surface area contributed by atoms with Crippen LogP contribution in [0.1, 0.15) is 0 Å². The topological polar surface area (TPSA) is 119 Å². The second-order valence-corrected chi connectivity index (χ2v) is 5.28. The standard InChI is InChI=1S/C18H16O8/c1-23-15-10-11(20)12(21)14(8-6-4-5-7-9(8)19)26-16(10)18(25-3)17(24-2)13(15)22/h4-7,19,21-22H,1-3H3. The Labute approximate surface area is 147 Å². The molecule has 1 aromatic heterocycles. The minimum Gasteiger partial charge on any atom is -0.507 e. The number of ether oxygens (including phenoxy) is 3. The Morgan fingerprint density at radius 3 is 2.04 bits per heavy atom. The van der Waals surface area contributed by atoms with Crippen LogP contribution < -0.4 is 19.6 Å². The highest BCUT2D eigenvalue weighted by molar-refractivity contribution is 5.96. The van der Waals surface area contributed by atoms with E-state index in [-0.39, 0.29) is 45.3 Å². The molecule has 3 N–H and O–H groups in total. The van der Waals surface area contributed by atoms with E-state index in [1.165, 1.54) is 33.5 Å². The Morgan fingerprint density at radius 2 is 1.46 bits per heavy atom. The summed E-state index contributed by atoms with van der Waals surface area (Å²) in [6, 6.07) is 6.04. The fourth-order valence-electron chi connectivity index (χ4n) is 2.75. The zero-order chi connectivity index (χ0) is 19.0. The van der Waals surface area contributed by atoms with Gasteiger partial charge in [0.05, 0.1) is 26.9 Å². The van der Waals surface area contributed by atoms with Crippen LogP contribution in [0.15, 0.2) is 33.5 Å². The van der Waals surface area contributed by atoms with Crippen molar-refractivity contribution in [1.82, 2.24) is 0 Å². The lowest BCUT2D eigenvalue weighted by molar-refractivity contribution is 0.316. The Bertz CT molecular complexity index is 1050. The maximum absolute atomic E-state index is 12.8. The second kappa shape index (κ2) is 6.40. The highest BCUT2D eigenvalue weighted by Crippen LogP contribution is 2.51. The maximum Gasteiger partial charge on any atom is 0.239 e. The number of methoxy groups -OCH3 is 3. The van der Waals surface area contributed by atoms with Crippen LogP contribution in [0.4, 0.5) is 0 Å². The number of aromatic hydroxyl groups is 3. The quantitative estimate of drug-likeness (QED) is 0.650. The normalized spacial score (nSPS) is 10.7. The molecule has 8 nitrogen and oxygen atoms in total. The Morgan fingerprint density at radius 1 is 0.846 bits per heavy atom. The van der Waals surface area contributed by atoms with Gasteiger partial charge in [-0.25, -0.2) is 0 Å². The molecular weight excluding hydrogens is 344 g/mol. The van der Waals surface area contributed by atoms with Crippen molar-refractivity contribution < 1.29 is 33.9 Å². The minimum absolute atomic E-state index is 0.0606. The van der Waals surface area contributed by atoms with Gasteiger partial charge in [0, 0.05) is 0 Å². The first-order valence-corrected chi connectivity index (χ1v) is 7.45. The van der Waals surface area contributed by atoms with Crippen molar-refractivity contribution in [2.75, 3.05) is 21.3 Å². The van der Waals surface area contributed by atoms with Crippen molar-refractivity contribution in [3.8, 4) is 45.8 Å². The number of hydrogen-bond acceptors (Lipinski definition) is 8. The summed E-state index contributed by atoms with van der Waals surface area (Å²) in [5.74, 6) is -2.06. The number of fused-ring (bicyclic) bond motifs is 1. The Kier molecular flexibility index (Phi) is 4.25. The molecule has 136 valence electrons. The SMILES string of the molecule is COc1c(O)c(OC)c2c(=O)c(O)c(-c3ccccc3O)oc2c1OC. The molecule has 3 rings (SSSR count). The van der Waals surface area contributed by atoms with E-state index in [4.69, 9.17) is 18.6 Å². The number of rotatable bonds is 4. The van der Waals surface area contributed by atoms with Crippen LogP contribution in [0.25, 0.3) is 22.3 Å². The lowest BCUT2D eigenvalue weighted by Gasteiger charge is -2.16. The molecule has 0 saturated carbocycles. The molecule has 1 heterocycles. The summed E-state index contributed by atoms with van der Waals surface area (Å²) in [5.41, 5.74) is -0.866. The lowest BCUT2D eigenvalue weighted by atomic mass is 10.1. The molecule has 0 spiro atoms. The monoisotopic (exact) mass is 360 g/mol. The first kappa shape index (κ1) is 17.3. The minimum atomic E-state index is -0.863. The van der Waals surface area contributed by atoms with Gasteiger partial charge in [-0.05, 0) is 12.1 Å². The predicted molar refractivity (Wildman–Crippen MR) is 92.6 cm³/mol. The van der Waals surface area contributed by atoms with Gasteiger partial charge in [-0.2, -0.15) is 0 Å². The smallest absolute Gasteiger partial charge is 0.239 e.